The third kappa shape index (κ3) is 2.19. The molecule has 2 aromatic rings. The highest BCUT2D eigenvalue weighted by atomic mass is 16.5. The summed E-state index contributed by atoms with van der Waals surface area (Å²) < 4.78 is 6.15. The van der Waals surface area contributed by atoms with Crippen molar-refractivity contribution in [2.45, 2.75) is 6.42 Å². The van der Waals surface area contributed by atoms with E-state index in [1.54, 1.807) is 19.2 Å². The Bertz CT molecular complexity index is 518. The molecule has 86 valence electrons. The molecule has 0 amide bonds. The van der Waals surface area contributed by atoms with Crippen LogP contribution in [-0.2, 0) is 4.74 Å². The lowest BCUT2D eigenvalue weighted by Crippen LogP contribution is -2.14. The molecule has 2 N–H and O–H groups in total. The molecule has 0 aromatic carbocycles. The lowest BCUT2D eigenvalue weighted by Gasteiger charge is -2.04. The van der Waals surface area contributed by atoms with Crippen LogP contribution in [0.4, 0.5) is 5.82 Å². The number of ether oxygens (including phenoxy) is 1. The molecule has 7 nitrogen and oxygen atoms in total. The third-order valence-corrected chi connectivity index (χ3v) is 2.10. The summed E-state index contributed by atoms with van der Waals surface area (Å²) in [5.74, 6) is 0.645. The number of anilines is 1. The summed E-state index contributed by atoms with van der Waals surface area (Å²) in [5.41, 5.74) is 0.169. The molecule has 0 aliphatic rings. The molecule has 16 heavy (non-hydrogen) atoms. The topological polar surface area (TPSA) is 84.3 Å². The number of nitrogens with one attached hydrogen (secondary N) is 2. The van der Waals surface area contributed by atoms with E-state index in [4.69, 9.17) is 4.74 Å². The lowest BCUT2D eigenvalue weighted by molar-refractivity contribution is 0.197. The van der Waals surface area contributed by atoms with Crippen molar-refractivity contribution in [3.05, 3.63) is 22.6 Å². The number of rotatable bonds is 5. The van der Waals surface area contributed by atoms with E-state index in [-0.39, 0.29) is 5.69 Å². The number of hydrogen-bond donors (Lipinski definition) is 2. The molecule has 0 fully saturated rings. The third-order valence-electron chi connectivity index (χ3n) is 2.10. The summed E-state index contributed by atoms with van der Waals surface area (Å²) in [6, 6.07) is 3.51. The average molecular weight is 223 g/mol. The minimum absolute atomic E-state index is 0.337. The maximum Gasteiger partial charge on any atom is 0.364 e. The van der Waals surface area contributed by atoms with Crippen molar-refractivity contribution in [1.29, 1.82) is 0 Å². The van der Waals surface area contributed by atoms with Crippen LogP contribution in [0.15, 0.2) is 16.9 Å². The van der Waals surface area contributed by atoms with Crippen molar-refractivity contribution in [3.63, 3.8) is 0 Å². The minimum Gasteiger partial charge on any atom is -0.385 e. The Morgan fingerprint density at radius 3 is 3.25 bits per heavy atom. The van der Waals surface area contributed by atoms with Crippen LogP contribution in [-0.4, -0.2) is 40.1 Å². The summed E-state index contributed by atoms with van der Waals surface area (Å²) in [7, 11) is 1.66. The first-order valence-electron chi connectivity index (χ1n) is 4.98. The zero-order valence-corrected chi connectivity index (χ0v) is 8.93. The molecule has 0 saturated carbocycles. The highest BCUT2D eigenvalue weighted by molar-refractivity contribution is 5.42. The molecule has 2 rings (SSSR count). The zero-order valence-electron chi connectivity index (χ0n) is 8.93. The predicted molar refractivity (Wildman–Crippen MR) is 58.6 cm³/mol. The van der Waals surface area contributed by atoms with Gasteiger partial charge < -0.3 is 10.1 Å². The fraction of sp³-hybridized carbons (Fsp3) is 0.444. The minimum atomic E-state index is -0.337. The van der Waals surface area contributed by atoms with Gasteiger partial charge in [-0.15, -0.1) is 5.10 Å². The molecular weight excluding hydrogens is 210 g/mol. The van der Waals surface area contributed by atoms with E-state index in [1.807, 2.05) is 0 Å². The number of fused-ring (bicyclic) bond motifs is 1. The molecule has 0 aliphatic carbocycles. The van der Waals surface area contributed by atoms with E-state index >= 15 is 0 Å². The van der Waals surface area contributed by atoms with Crippen LogP contribution in [0.25, 0.3) is 5.65 Å². The molecule has 0 unspecified atom stereocenters. The summed E-state index contributed by atoms with van der Waals surface area (Å²) in [5, 5.41) is 13.3. The Morgan fingerprint density at radius 1 is 1.56 bits per heavy atom. The van der Waals surface area contributed by atoms with Crippen LogP contribution in [0.5, 0.6) is 0 Å². The molecular formula is C9H13N5O2. The first kappa shape index (κ1) is 10.6. The van der Waals surface area contributed by atoms with Gasteiger partial charge in [-0.25, -0.2) is 9.89 Å². The molecule has 0 spiro atoms. The van der Waals surface area contributed by atoms with Crippen LogP contribution >= 0.6 is 0 Å². The second-order valence-electron chi connectivity index (χ2n) is 3.29. The largest absolute Gasteiger partial charge is 0.385 e. The maximum atomic E-state index is 11.2. The van der Waals surface area contributed by atoms with E-state index in [9.17, 15) is 4.79 Å². The van der Waals surface area contributed by atoms with Crippen LogP contribution < -0.4 is 11.0 Å². The molecule has 0 radical (unpaired) electrons. The molecule has 0 aliphatic heterocycles. The van der Waals surface area contributed by atoms with Gasteiger partial charge in [0.2, 0.25) is 0 Å². The Morgan fingerprint density at radius 2 is 2.44 bits per heavy atom. The quantitative estimate of drug-likeness (QED) is 0.689. The average Bonchev–Trinajstić information content (AvgIpc) is 2.67. The molecule has 0 bridgehead atoms. The van der Waals surface area contributed by atoms with Gasteiger partial charge in [0.1, 0.15) is 5.82 Å². The second kappa shape index (κ2) is 4.75. The smallest absolute Gasteiger partial charge is 0.364 e. The van der Waals surface area contributed by atoms with Crippen LogP contribution in [0, 0.1) is 0 Å². The number of aromatic amines is 1. The van der Waals surface area contributed by atoms with Crippen LogP contribution in [0.2, 0.25) is 0 Å². The molecule has 2 heterocycles. The SMILES string of the molecule is COCCCNc1ccc2n[nH]c(=O)n2n1. The van der Waals surface area contributed by atoms with Crippen LogP contribution in [0.1, 0.15) is 6.42 Å². The van der Waals surface area contributed by atoms with Crippen molar-refractivity contribution in [3.8, 4) is 0 Å². The van der Waals surface area contributed by atoms with Crippen molar-refractivity contribution in [2.75, 3.05) is 25.6 Å². The monoisotopic (exact) mass is 223 g/mol. The highest BCUT2D eigenvalue weighted by Gasteiger charge is 2.01. The van der Waals surface area contributed by atoms with Crippen molar-refractivity contribution in [1.82, 2.24) is 19.8 Å². The number of methoxy groups -OCH3 is 1. The number of aromatic nitrogens is 4. The van der Waals surface area contributed by atoms with Gasteiger partial charge in [0.15, 0.2) is 5.65 Å². The van der Waals surface area contributed by atoms with E-state index in [2.05, 4.69) is 20.6 Å². The number of nitrogens with zero attached hydrogens (tertiary/aromatic N) is 3. The molecule has 2 aromatic heterocycles. The van der Waals surface area contributed by atoms with Crippen LogP contribution in [0.3, 0.4) is 0 Å². The maximum absolute atomic E-state index is 11.2. The Hall–Kier alpha value is -1.89. The highest BCUT2D eigenvalue weighted by Crippen LogP contribution is 2.02. The summed E-state index contributed by atoms with van der Waals surface area (Å²) >= 11 is 0. The predicted octanol–water partition coefficient (Wildman–Crippen LogP) is -0.134. The van der Waals surface area contributed by atoms with Gasteiger partial charge in [-0.2, -0.15) is 9.61 Å². The van der Waals surface area contributed by atoms with E-state index in [0.717, 1.165) is 13.0 Å². The Labute approximate surface area is 91.4 Å². The fourth-order valence-electron chi connectivity index (χ4n) is 1.33. The van der Waals surface area contributed by atoms with Gasteiger partial charge in [0.25, 0.3) is 0 Å². The van der Waals surface area contributed by atoms with Crippen molar-refractivity contribution in [2.24, 2.45) is 0 Å². The molecule has 7 heteroatoms. The van der Waals surface area contributed by atoms with Gasteiger partial charge in [0, 0.05) is 20.3 Å². The van der Waals surface area contributed by atoms with Crippen molar-refractivity contribution >= 4 is 11.5 Å². The van der Waals surface area contributed by atoms with Gasteiger partial charge in [0.05, 0.1) is 0 Å². The Balaban J connectivity index is 2.07. The van der Waals surface area contributed by atoms with Gasteiger partial charge >= 0.3 is 5.69 Å². The number of hydrogen-bond acceptors (Lipinski definition) is 5. The fourth-order valence-corrected chi connectivity index (χ4v) is 1.33. The van der Waals surface area contributed by atoms with Gasteiger partial charge in [-0.05, 0) is 18.6 Å². The standard InChI is InChI=1S/C9H13N5O2/c1-16-6-2-5-10-7-3-4-8-11-12-9(15)14(8)13-7/h3-4H,2,5-6H2,1H3,(H,10,13)(H,12,15). The molecule has 0 saturated heterocycles. The summed E-state index contributed by atoms with van der Waals surface area (Å²) in [6.45, 7) is 1.44. The first-order valence-corrected chi connectivity index (χ1v) is 4.98. The summed E-state index contributed by atoms with van der Waals surface area (Å²) in [4.78, 5) is 11.2. The zero-order chi connectivity index (χ0) is 11.4. The van der Waals surface area contributed by atoms with E-state index in [1.165, 1.54) is 4.52 Å². The number of H-pyrrole nitrogens is 1. The van der Waals surface area contributed by atoms with Gasteiger partial charge in [-0.3, -0.25) is 0 Å². The van der Waals surface area contributed by atoms with Gasteiger partial charge in [-0.1, -0.05) is 0 Å². The van der Waals surface area contributed by atoms with E-state index in [0.29, 0.717) is 18.1 Å². The van der Waals surface area contributed by atoms with Crippen molar-refractivity contribution < 1.29 is 4.74 Å². The lowest BCUT2D eigenvalue weighted by atomic mass is 10.4. The summed E-state index contributed by atoms with van der Waals surface area (Å²) in [6.07, 6.45) is 0.885. The first-order chi connectivity index (χ1) is 7.81. The Kier molecular flexibility index (Phi) is 3.16. The molecule has 0 atom stereocenters. The second-order valence-corrected chi connectivity index (χ2v) is 3.29. The normalized spacial score (nSPS) is 10.8. The van der Waals surface area contributed by atoms with E-state index < -0.39 is 0 Å².